The molecule has 0 aliphatic carbocycles. The molecule has 0 unspecified atom stereocenters. The number of aliphatic carboxylic acids is 1. The Balaban J connectivity index is 2.81. The molecule has 4 N–H and O–H groups in total. The van der Waals surface area contributed by atoms with Crippen LogP contribution in [0.3, 0.4) is 0 Å². The van der Waals surface area contributed by atoms with Crippen LogP contribution in [0.1, 0.15) is 23.2 Å². The van der Waals surface area contributed by atoms with Crippen molar-refractivity contribution in [2.75, 3.05) is 0 Å². The lowest BCUT2D eigenvalue weighted by atomic mass is 10.1. The molecular formula is C13H13F3N2O4S. The summed E-state index contributed by atoms with van der Waals surface area (Å²) in [5, 5.41) is 11.1. The number of carboxylic acid groups (broad SMARTS) is 1. The molecule has 0 bridgehead atoms. The smallest absolute Gasteiger partial charge is 0.446 e. The number of thioether (sulfide) groups is 1. The van der Waals surface area contributed by atoms with Gasteiger partial charge in [-0.25, -0.2) is 4.79 Å². The van der Waals surface area contributed by atoms with E-state index in [0.29, 0.717) is 0 Å². The number of hydrogen-bond donors (Lipinski definition) is 3. The molecule has 0 aromatic heterocycles. The summed E-state index contributed by atoms with van der Waals surface area (Å²) in [6.07, 6.45) is -0.464. The monoisotopic (exact) mass is 350 g/mol. The summed E-state index contributed by atoms with van der Waals surface area (Å²) in [5.41, 5.74) is 0.287. The molecule has 0 radical (unpaired) electrons. The predicted molar refractivity (Wildman–Crippen MR) is 75.7 cm³/mol. The zero-order chi connectivity index (χ0) is 17.6. The summed E-state index contributed by atoms with van der Waals surface area (Å²) in [6.45, 7) is 0. The molecule has 6 nitrogen and oxygen atoms in total. The predicted octanol–water partition coefficient (Wildman–Crippen LogP) is 1.75. The second-order valence-corrected chi connectivity index (χ2v) is 5.58. The molecule has 1 aromatic carbocycles. The van der Waals surface area contributed by atoms with E-state index in [4.69, 9.17) is 10.8 Å². The van der Waals surface area contributed by atoms with Crippen LogP contribution in [0, 0.1) is 0 Å². The molecule has 1 aromatic rings. The van der Waals surface area contributed by atoms with Crippen LogP contribution >= 0.6 is 11.8 Å². The molecule has 0 saturated heterocycles. The second-order valence-electron chi connectivity index (χ2n) is 4.44. The molecule has 2 amide bonds. The molecule has 0 aliphatic rings. The molecule has 0 aliphatic heterocycles. The van der Waals surface area contributed by atoms with Crippen LogP contribution in [0.25, 0.3) is 0 Å². The standard InChI is InChI=1S/C13H13F3N2O4S/c14-13(15,16)23-8-3-1-2-7(6-8)11(20)18-9(12(21)22)4-5-10(17)19/h1-3,6,9H,4-5H2,(H2,17,19)(H,18,20)(H,21,22)/t9-/m0/s1. The van der Waals surface area contributed by atoms with Gasteiger partial charge in [0.15, 0.2) is 0 Å². The summed E-state index contributed by atoms with van der Waals surface area (Å²) < 4.78 is 36.9. The number of hydrogen-bond acceptors (Lipinski definition) is 4. The fraction of sp³-hybridized carbons (Fsp3) is 0.308. The maximum absolute atomic E-state index is 12.3. The summed E-state index contributed by atoms with van der Waals surface area (Å²) >= 11 is -0.386. The number of benzene rings is 1. The maximum atomic E-state index is 12.3. The molecule has 10 heteroatoms. The van der Waals surface area contributed by atoms with Gasteiger partial charge in [0.05, 0.1) is 0 Å². The van der Waals surface area contributed by atoms with Crippen molar-refractivity contribution in [2.24, 2.45) is 5.73 Å². The quantitative estimate of drug-likeness (QED) is 0.649. The number of halogens is 3. The van der Waals surface area contributed by atoms with Crippen molar-refractivity contribution in [1.29, 1.82) is 0 Å². The summed E-state index contributed by atoms with van der Waals surface area (Å²) in [7, 11) is 0. The molecule has 0 saturated carbocycles. The largest absolute Gasteiger partial charge is 0.480 e. The number of primary amides is 1. The highest BCUT2D eigenvalue weighted by Crippen LogP contribution is 2.36. The van der Waals surface area contributed by atoms with Crippen molar-refractivity contribution in [3.63, 3.8) is 0 Å². The number of rotatable bonds is 7. The van der Waals surface area contributed by atoms with Gasteiger partial charge in [-0.1, -0.05) is 6.07 Å². The van der Waals surface area contributed by atoms with Crippen LogP contribution in [-0.4, -0.2) is 34.4 Å². The molecule has 0 spiro atoms. The highest BCUT2D eigenvalue weighted by Gasteiger charge is 2.29. The zero-order valence-electron chi connectivity index (χ0n) is 11.6. The van der Waals surface area contributed by atoms with E-state index in [9.17, 15) is 27.6 Å². The van der Waals surface area contributed by atoms with Gasteiger partial charge in [0, 0.05) is 16.9 Å². The van der Waals surface area contributed by atoms with E-state index in [0.717, 1.165) is 6.07 Å². The van der Waals surface area contributed by atoms with E-state index >= 15 is 0 Å². The number of carboxylic acids is 1. The Kier molecular flexibility index (Phi) is 6.43. The fourth-order valence-electron chi connectivity index (χ4n) is 1.62. The van der Waals surface area contributed by atoms with E-state index in [1.165, 1.54) is 18.2 Å². The van der Waals surface area contributed by atoms with Crippen molar-refractivity contribution in [3.8, 4) is 0 Å². The first kappa shape index (κ1) is 18.8. The first-order valence-corrected chi connectivity index (χ1v) is 7.08. The van der Waals surface area contributed by atoms with Gasteiger partial charge >= 0.3 is 11.5 Å². The molecule has 126 valence electrons. The van der Waals surface area contributed by atoms with E-state index in [2.05, 4.69) is 5.32 Å². The third-order valence-electron chi connectivity index (χ3n) is 2.61. The van der Waals surface area contributed by atoms with Gasteiger partial charge in [-0.05, 0) is 36.4 Å². The minimum absolute atomic E-state index is 0.121. The van der Waals surface area contributed by atoms with Crippen LogP contribution in [0.2, 0.25) is 0 Å². The summed E-state index contributed by atoms with van der Waals surface area (Å²) in [5.74, 6) is -2.96. The highest BCUT2D eigenvalue weighted by molar-refractivity contribution is 8.00. The van der Waals surface area contributed by atoms with Crippen molar-refractivity contribution >= 4 is 29.5 Å². The van der Waals surface area contributed by atoms with Gasteiger partial charge in [0.25, 0.3) is 5.91 Å². The van der Waals surface area contributed by atoms with Crippen LogP contribution in [0.4, 0.5) is 13.2 Å². The Bertz CT molecular complexity index is 607. The fourth-order valence-corrected chi connectivity index (χ4v) is 2.22. The van der Waals surface area contributed by atoms with Crippen LogP contribution < -0.4 is 11.1 Å². The molecule has 0 heterocycles. The number of carbonyl (C=O) groups excluding carboxylic acids is 2. The topological polar surface area (TPSA) is 109 Å². The van der Waals surface area contributed by atoms with E-state index < -0.39 is 29.3 Å². The number of nitrogens with one attached hydrogen (secondary N) is 1. The van der Waals surface area contributed by atoms with Crippen molar-refractivity contribution in [1.82, 2.24) is 5.32 Å². The van der Waals surface area contributed by atoms with Gasteiger partial charge in [0.1, 0.15) is 6.04 Å². The second kappa shape index (κ2) is 7.86. The minimum Gasteiger partial charge on any atom is -0.480 e. The van der Waals surface area contributed by atoms with E-state index in [1.807, 2.05) is 0 Å². The highest BCUT2D eigenvalue weighted by atomic mass is 32.2. The summed E-state index contributed by atoms with van der Waals surface area (Å²) in [4.78, 5) is 33.4. The third-order valence-corrected chi connectivity index (χ3v) is 3.33. The Morgan fingerprint density at radius 1 is 1.30 bits per heavy atom. The maximum Gasteiger partial charge on any atom is 0.446 e. The first-order chi connectivity index (χ1) is 10.6. The Morgan fingerprint density at radius 3 is 2.48 bits per heavy atom. The van der Waals surface area contributed by atoms with Crippen molar-refractivity contribution < 1.29 is 32.7 Å². The number of alkyl halides is 3. The van der Waals surface area contributed by atoms with E-state index in [1.54, 1.807) is 0 Å². The first-order valence-electron chi connectivity index (χ1n) is 6.26. The van der Waals surface area contributed by atoms with Gasteiger partial charge in [-0.3, -0.25) is 9.59 Å². The Morgan fingerprint density at radius 2 is 1.96 bits per heavy atom. The van der Waals surface area contributed by atoms with Gasteiger partial charge in [-0.2, -0.15) is 13.2 Å². The van der Waals surface area contributed by atoms with Crippen LogP contribution in [0.5, 0.6) is 0 Å². The van der Waals surface area contributed by atoms with Crippen molar-refractivity contribution in [3.05, 3.63) is 29.8 Å². The zero-order valence-corrected chi connectivity index (χ0v) is 12.4. The number of carbonyl (C=O) groups is 3. The lowest BCUT2D eigenvalue weighted by molar-refractivity contribution is -0.139. The average molecular weight is 350 g/mol. The molecule has 1 atom stereocenters. The number of amides is 2. The molecule has 23 heavy (non-hydrogen) atoms. The lowest BCUT2D eigenvalue weighted by Crippen LogP contribution is -2.41. The van der Waals surface area contributed by atoms with Crippen molar-refractivity contribution in [2.45, 2.75) is 29.3 Å². The molecular weight excluding hydrogens is 337 g/mol. The molecule has 0 fully saturated rings. The molecule has 1 rings (SSSR count). The number of nitrogens with two attached hydrogens (primary N) is 1. The van der Waals surface area contributed by atoms with E-state index in [-0.39, 0.29) is 35.1 Å². The lowest BCUT2D eigenvalue weighted by Gasteiger charge is -2.14. The normalized spacial score (nSPS) is 12.5. The average Bonchev–Trinajstić information content (AvgIpc) is 2.41. The van der Waals surface area contributed by atoms with Gasteiger partial charge < -0.3 is 16.2 Å². The SMILES string of the molecule is NC(=O)CC[C@H](NC(=O)c1cccc(SC(F)(F)F)c1)C(=O)O. The Hall–Kier alpha value is -2.23. The van der Waals surface area contributed by atoms with Gasteiger partial charge in [0.2, 0.25) is 5.91 Å². The summed E-state index contributed by atoms with van der Waals surface area (Å²) in [6, 6.07) is 3.32. The third kappa shape index (κ3) is 7.04. The minimum atomic E-state index is -4.50. The van der Waals surface area contributed by atoms with Crippen LogP contribution in [0.15, 0.2) is 29.2 Å². The Labute approximate surface area is 133 Å². The van der Waals surface area contributed by atoms with Gasteiger partial charge in [-0.15, -0.1) is 0 Å². The van der Waals surface area contributed by atoms with Crippen LogP contribution in [-0.2, 0) is 9.59 Å².